The number of fused-ring (bicyclic) bond motifs is 1. The highest BCUT2D eigenvalue weighted by atomic mass is 32.2. The first-order valence-electron chi connectivity index (χ1n) is 14.8. The van der Waals surface area contributed by atoms with E-state index in [0.29, 0.717) is 19.4 Å². The molecule has 0 unspecified atom stereocenters. The van der Waals surface area contributed by atoms with Crippen molar-refractivity contribution < 1.29 is 45.8 Å². The molecule has 0 aliphatic carbocycles. The van der Waals surface area contributed by atoms with Gasteiger partial charge in [-0.2, -0.15) is 17.5 Å². The zero-order chi connectivity index (χ0) is 33.4. The first kappa shape index (κ1) is 36.7. The molecule has 1 aliphatic rings. The van der Waals surface area contributed by atoms with Gasteiger partial charge in [-0.3, -0.25) is 9.59 Å². The Morgan fingerprint density at radius 3 is 2.62 bits per heavy atom. The second-order valence-corrected chi connectivity index (χ2v) is 14.6. The average Bonchev–Trinajstić information content (AvgIpc) is 3.53. The predicted octanol–water partition coefficient (Wildman–Crippen LogP) is 5.15. The van der Waals surface area contributed by atoms with E-state index in [1.54, 1.807) is 18.4 Å². The van der Waals surface area contributed by atoms with Crippen LogP contribution in [0.5, 0.6) is 5.75 Å². The number of amides is 2. The average molecular weight is 678 g/mol. The zero-order valence-electron chi connectivity index (χ0n) is 25.9. The van der Waals surface area contributed by atoms with Crippen LogP contribution >= 0.6 is 11.3 Å². The summed E-state index contributed by atoms with van der Waals surface area (Å²) in [6, 6.07) is 6.84. The number of rotatable bonds is 9. The predicted molar refractivity (Wildman–Crippen MR) is 165 cm³/mol. The zero-order valence-corrected chi connectivity index (χ0v) is 27.5. The Morgan fingerprint density at radius 2 is 1.98 bits per heavy atom. The van der Waals surface area contributed by atoms with Crippen molar-refractivity contribution in [2.45, 2.75) is 81.5 Å². The molecule has 4 atom stereocenters. The number of ether oxygens (including phenoxy) is 2. The van der Waals surface area contributed by atoms with Crippen LogP contribution in [0.2, 0.25) is 0 Å². The lowest BCUT2D eigenvalue weighted by Crippen LogP contribution is -2.48. The van der Waals surface area contributed by atoms with E-state index < -0.39 is 53.0 Å². The highest BCUT2D eigenvalue weighted by Crippen LogP contribution is 2.29. The van der Waals surface area contributed by atoms with Gasteiger partial charge in [-0.25, -0.2) is 8.42 Å². The van der Waals surface area contributed by atoms with Crippen LogP contribution < -0.4 is 10.1 Å². The molecule has 0 spiro atoms. The van der Waals surface area contributed by atoms with Crippen LogP contribution in [0.3, 0.4) is 0 Å². The van der Waals surface area contributed by atoms with E-state index >= 15 is 0 Å². The van der Waals surface area contributed by atoms with Gasteiger partial charge in [0.25, 0.3) is 15.9 Å². The fraction of sp³-hybridized carbons (Fsp3) is 0.600. The number of aliphatic hydroxyl groups is 1. The van der Waals surface area contributed by atoms with Crippen LogP contribution in [0.25, 0.3) is 0 Å². The highest BCUT2D eigenvalue weighted by Gasteiger charge is 2.33. The lowest BCUT2D eigenvalue weighted by molar-refractivity contribution is -0.142. The van der Waals surface area contributed by atoms with Gasteiger partial charge in [-0.15, -0.1) is 11.3 Å². The smallest absolute Gasteiger partial charge is 0.389 e. The lowest BCUT2D eigenvalue weighted by Gasteiger charge is -2.35. The third-order valence-electron chi connectivity index (χ3n) is 7.57. The number of nitrogens with zero attached hydrogens (tertiary/aromatic N) is 2. The molecule has 2 amide bonds. The van der Waals surface area contributed by atoms with E-state index in [9.17, 15) is 36.3 Å². The minimum absolute atomic E-state index is 0.0289. The van der Waals surface area contributed by atoms with Gasteiger partial charge in [0.2, 0.25) is 5.91 Å². The summed E-state index contributed by atoms with van der Waals surface area (Å²) in [5, 5.41) is 14.2. The van der Waals surface area contributed by atoms with Crippen LogP contribution in [0, 0.1) is 5.92 Å². The summed E-state index contributed by atoms with van der Waals surface area (Å²) in [7, 11) is -2.28. The topological polar surface area (TPSA) is 125 Å². The largest absolute Gasteiger partial charge is 0.490 e. The summed E-state index contributed by atoms with van der Waals surface area (Å²) in [6.45, 7) is 5.43. The number of anilines is 1. The molecule has 0 saturated heterocycles. The number of likely N-dealkylation sites (N-methyl/N-ethyl adjacent to an activating group) is 1. The number of hydrogen-bond donors (Lipinski definition) is 2. The second kappa shape index (κ2) is 16.2. The Labute approximate surface area is 266 Å². The number of sulfonamides is 1. The van der Waals surface area contributed by atoms with Gasteiger partial charge in [0.1, 0.15) is 9.96 Å². The SMILES string of the molecule is C[C@@H]1CN([C@@H](C)CO)C(=O)c2cc(NC(=O)CCC(F)(F)F)ccc2O[C@@H](C)CCCCO[C@@H]1CN(C)S(=O)(=O)c1cccs1. The van der Waals surface area contributed by atoms with E-state index in [-0.39, 0.29) is 52.9 Å². The molecular formula is C30H42F3N3O7S2. The van der Waals surface area contributed by atoms with Gasteiger partial charge < -0.3 is 24.8 Å². The number of halogens is 3. The van der Waals surface area contributed by atoms with E-state index in [0.717, 1.165) is 17.8 Å². The molecule has 15 heteroatoms. The van der Waals surface area contributed by atoms with Gasteiger partial charge in [0, 0.05) is 44.8 Å². The molecule has 2 heterocycles. The van der Waals surface area contributed by atoms with Gasteiger partial charge in [-0.05, 0) is 62.8 Å². The van der Waals surface area contributed by atoms with Gasteiger partial charge in [-0.1, -0.05) is 13.0 Å². The minimum Gasteiger partial charge on any atom is -0.490 e. The van der Waals surface area contributed by atoms with Gasteiger partial charge >= 0.3 is 6.18 Å². The quantitative estimate of drug-likeness (QED) is 0.377. The number of aliphatic hydroxyl groups excluding tert-OH is 1. The molecule has 2 N–H and O–H groups in total. The summed E-state index contributed by atoms with van der Waals surface area (Å²) in [5.41, 5.74) is 0.188. The standard InChI is InChI=1S/C30H42F3N3O7S2/c1-20-17-36(21(2)19-37)29(39)24-16-23(34-27(38)12-13-30(31,32)33)10-11-25(24)43-22(3)8-5-6-14-42-26(20)18-35(4)45(40,41)28-9-7-15-44-28/h7,9-11,15-16,20-22,26,37H,5-6,8,12-14,17-19H2,1-4H3,(H,34,38)/t20-,21+,22+,26-/m1/s1. The van der Waals surface area contributed by atoms with Crippen LogP contribution in [0.1, 0.15) is 63.2 Å². The molecule has 1 aliphatic heterocycles. The Kier molecular flexibility index (Phi) is 13.2. The molecule has 0 fully saturated rings. The molecule has 10 nitrogen and oxygen atoms in total. The lowest BCUT2D eigenvalue weighted by atomic mass is 10.0. The van der Waals surface area contributed by atoms with Crippen LogP contribution in [-0.2, 0) is 19.6 Å². The fourth-order valence-electron chi connectivity index (χ4n) is 4.86. The van der Waals surface area contributed by atoms with Crippen molar-refractivity contribution in [3.05, 3.63) is 41.3 Å². The fourth-order valence-corrected chi connectivity index (χ4v) is 7.24. The third-order valence-corrected chi connectivity index (χ3v) is 10.8. The van der Waals surface area contributed by atoms with Crippen molar-refractivity contribution >= 4 is 38.9 Å². The minimum atomic E-state index is -4.49. The highest BCUT2D eigenvalue weighted by molar-refractivity contribution is 7.91. The monoisotopic (exact) mass is 677 g/mol. The normalized spacial score (nSPS) is 21.5. The molecule has 1 aromatic heterocycles. The number of nitrogens with one attached hydrogen (secondary N) is 1. The van der Waals surface area contributed by atoms with Crippen LogP contribution in [-0.4, -0.2) is 92.3 Å². The third kappa shape index (κ3) is 10.7. The van der Waals surface area contributed by atoms with Gasteiger partial charge in [0.05, 0.1) is 36.8 Å². The summed E-state index contributed by atoms with van der Waals surface area (Å²) < 4.78 is 78.0. The Hall–Kier alpha value is -2.72. The summed E-state index contributed by atoms with van der Waals surface area (Å²) >= 11 is 1.11. The molecule has 3 rings (SSSR count). The van der Waals surface area contributed by atoms with E-state index in [1.807, 2.05) is 13.8 Å². The maximum absolute atomic E-state index is 14.1. The number of alkyl halides is 3. The number of thiophene rings is 1. The molecule has 0 radical (unpaired) electrons. The molecule has 0 saturated carbocycles. The Morgan fingerprint density at radius 1 is 1.24 bits per heavy atom. The summed E-state index contributed by atoms with van der Waals surface area (Å²) in [4.78, 5) is 27.8. The molecule has 0 bridgehead atoms. The number of benzene rings is 1. The first-order valence-corrected chi connectivity index (χ1v) is 17.1. The van der Waals surface area contributed by atoms with Crippen molar-refractivity contribution in [2.24, 2.45) is 5.92 Å². The number of carbonyl (C=O) groups excluding carboxylic acids is 2. The van der Waals surface area contributed by atoms with Crippen LogP contribution in [0.4, 0.5) is 18.9 Å². The van der Waals surface area contributed by atoms with Gasteiger partial charge in [0.15, 0.2) is 0 Å². The van der Waals surface area contributed by atoms with E-state index in [2.05, 4.69) is 5.32 Å². The molecule has 45 heavy (non-hydrogen) atoms. The maximum Gasteiger partial charge on any atom is 0.389 e. The van der Waals surface area contributed by atoms with Crippen molar-refractivity contribution in [1.29, 1.82) is 0 Å². The van der Waals surface area contributed by atoms with Crippen molar-refractivity contribution in [1.82, 2.24) is 9.21 Å². The second-order valence-electron chi connectivity index (χ2n) is 11.4. The molecule has 1 aromatic carbocycles. The molecular weight excluding hydrogens is 635 g/mol. The van der Waals surface area contributed by atoms with Crippen molar-refractivity contribution in [2.75, 3.05) is 38.7 Å². The van der Waals surface area contributed by atoms with Crippen LogP contribution in [0.15, 0.2) is 39.9 Å². The van der Waals surface area contributed by atoms with E-state index in [1.165, 1.54) is 40.5 Å². The summed E-state index contributed by atoms with van der Waals surface area (Å²) in [6.07, 6.45) is -5.41. The molecule has 252 valence electrons. The number of carbonyl (C=O) groups is 2. The molecule has 2 aromatic rings. The summed E-state index contributed by atoms with van der Waals surface area (Å²) in [5.74, 6) is -1.55. The Balaban J connectivity index is 1.94. The maximum atomic E-state index is 14.1. The van der Waals surface area contributed by atoms with Crippen molar-refractivity contribution in [3.63, 3.8) is 0 Å². The number of hydrogen-bond acceptors (Lipinski definition) is 8. The van der Waals surface area contributed by atoms with E-state index in [4.69, 9.17) is 9.47 Å². The first-order chi connectivity index (χ1) is 21.1. The Bertz CT molecular complexity index is 1370. The van der Waals surface area contributed by atoms with Crippen molar-refractivity contribution in [3.8, 4) is 5.75 Å².